The molecule has 0 bridgehead atoms. The number of aromatic nitrogens is 1. The van der Waals surface area contributed by atoms with Gasteiger partial charge in [0.2, 0.25) is 0 Å². The van der Waals surface area contributed by atoms with Crippen LogP contribution in [0.4, 0.5) is 5.82 Å². The number of pyridine rings is 1. The molecular formula is C12H10ClN3S. The Labute approximate surface area is 108 Å². The molecule has 5 heteroatoms. The lowest BCUT2D eigenvalue weighted by Crippen LogP contribution is -2.12. The van der Waals surface area contributed by atoms with Crippen LogP contribution in [-0.2, 0) is 0 Å². The van der Waals surface area contributed by atoms with Crippen LogP contribution in [0.5, 0.6) is 0 Å². The average Bonchev–Trinajstić information content (AvgIpc) is 2.98. The second kappa shape index (κ2) is 4.47. The maximum atomic E-state index is 6.11. The Balaban J connectivity index is 1.89. The van der Waals surface area contributed by atoms with Crippen molar-refractivity contribution in [1.82, 2.24) is 4.98 Å². The van der Waals surface area contributed by atoms with Crippen LogP contribution in [0.15, 0.2) is 40.9 Å². The number of rotatable bonds is 2. The molecule has 0 N–H and O–H groups in total. The number of hydrogen-bond donors (Lipinski definition) is 0. The van der Waals surface area contributed by atoms with Crippen molar-refractivity contribution in [2.75, 3.05) is 11.6 Å². The van der Waals surface area contributed by atoms with E-state index in [1.807, 2.05) is 34.7 Å². The molecule has 86 valence electrons. The van der Waals surface area contributed by atoms with Crippen molar-refractivity contribution in [2.24, 2.45) is 5.10 Å². The van der Waals surface area contributed by atoms with Crippen LogP contribution in [0.1, 0.15) is 11.3 Å². The van der Waals surface area contributed by atoms with Crippen LogP contribution >= 0.6 is 22.9 Å². The van der Waals surface area contributed by atoms with E-state index in [0.717, 1.165) is 34.4 Å². The summed E-state index contributed by atoms with van der Waals surface area (Å²) in [6, 6.07) is 7.74. The van der Waals surface area contributed by atoms with Gasteiger partial charge in [-0.25, -0.2) is 9.99 Å². The highest BCUT2D eigenvalue weighted by Gasteiger charge is 2.20. The molecule has 0 amide bonds. The molecule has 0 unspecified atom stereocenters. The minimum Gasteiger partial charge on any atom is -0.247 e. The summed E-state index contributed by atoms with van der Waals surface area (Å²) in [5, 5.41) is 9.28. The zero-order chi connectivity index (χ0) is 11.7. The van der Waals surface area contributed by atoms with Crippen LogP contribution in [-0.4, -0.2) is 17.2 Å². The van der Waals surface area contributed by atoms with Gasteiger partial charge >= 0.3 is 0 Å². The molecule has 2 aromatic heterocycles. The standard InChI is InChI=1S/C12H10ClN3S/c13-9-5-8-17-12(9)10-4-7-16(15-10)11-3-1-2-6-14-11/h1-3,5-6,8H,4,7H2. The summed E-state index contributed by atoms with van der Waals surface area (Å²) in [6.45, 7) is 0.862. The lowest BCUT2D eigenvalue weighted by atomic mass is 10.2. The number of hydrogen-bond acceptors (Lipinski definition) is 4. The Morgan fingerprint density at radius 2 is 2.24 bits per heavy atom. The predicted octanol–water partition coefficient (Wildman–Crippen LogP) is 3.41. The zero-order valence-corrected chi connectivity index (χ0v) is 10.6. The Kier molecular flexibility index (Phi) is 2.82. The summed E-state index contributed by atoms with van der Waals surface area (Å²) in [6.07, 6.45) is 2.69. The second-order valence-corrected chi connectivity index (χ2v) is 5.03. The van der Waals surface area contributed by atoms with Gasteiger partial charge in [0.05, 0.1) is 15.6 Å². The molecular weight excluding hydrogens is 254 g/mol. The Morgan fingerprint density at radius 1 is 1.29 bits per heavy atom. The van der Waals surface area contributed by atoms with Crippen molar-refractivity contribution >= 4 is 34.5 Å². The first-order valence-electron chi connectivity index (χ1n) is 5.34. The normalized spacial score (nSPS) is 15.1. The van der Waals surface area contributed by atoms with Gasteiger partial charge < -0.3 is 0 Å². The first-order valence-corrected chi connectivity index (χ1v) is 6.60. The third kappa shape index (κ3) is 2.06. The quantitative estimate of drug-likeness (QED) is 0.831. The lowest BCUT2D eigenvalue weighted by Gasteiger charge is -2.10. The number of hydrazone groups is 1. The van der Waals surface area contributed by atoms with Crippen LogP contribution in [0.2, 0.25) is 5.02 Å². The molecule has 3 nitrogen and oxygen atoms in total. The average molecular weight is 264 g/mol. The molecule has 0 fully saturated rings. The van der Waals surface area contributed by atoms with Crippen molar-refractivity contribution in [3.05, 3.63) is 45.7 Å². The smallest absolute Gasteiger partial charge is 0.148 e. The third-order valence-electron chi connectivity index (χ3n) is 2.59. The highest BCUT2D eigenvalue weighted by molar-refractivity contribution is 7.12. The van der Waals surface area contributed by atoms with E-state index < -0.39 is 0 Å². The third-order valence-corrected chi connectivity index (χ3v) is 3.99. The Bertz CT molecular complexity index is 550. The van der Waals surface area contributed by atoms with Gasteiger partial charge in [0.25, 0.3) is 0 Å². The SMILES string of the molecule is Clc1ccsc1C1=NN(c2ccccn2)CC1. The molecule has 0 saturated carbocycles. The largest absolute Gasteiger partial charge is 0.247 e. The van der Waals surface area contributed by atoms with Gasteiger partial charge in [0.1, 0.15) is 5.82 Å². The van der Waals surface area contributed by atoms with Gasteiger partial charge in [-0.2, -0.15) is 5.10 Å². The van der Waals surface area contributed by atoms with Crippen LogP contribution in [0.3, 0.4) is 0 Å². The fourth-order valence-electron chi connectivity index (χ4n) is 1.79. The fourth-order valence-corrected chi connectivity index (χ4v) is 2.97. The second-order valence-electron chi connectivity index (χ2n) is 3.71. The molecule has 0 aromatic carbocycles. The first kappa shape index (κ1) is 10.7. The summed E-state index contributed by atoms with van der Waals surface area (Å²) in [5.74, 6) is 0.884. The molecule has 0 radical (unpaired) electrons. The van der Waals surface area contributed by atoms with E-state index in [1.165, 1.54) is 0 Å². The van der Waals surface area contributed by atoms with E-state index >= 15 is 0 Å². The Morgan fingerprint density at radius 3 is 2.94 bits per heavy atom. The van der Waals surface area contributed by atoms with Gasteiger partial charge in [0.15, 0.2) is 0 Å². The fraction of sp³-hybridized carbons (Fsp3) is 0.167. The molecule has 0 saturated heterocycles. The summed E-state index contributed by atoms with van der Waals surface area (Å²) in [4.78, 5) is 5.36. The summed E-state index contributed by atoms with van der Waals surface area (Å²) in [5.41, 5.74) is 1.05. The zero-order valence-electron chi connectivity index (χ0n) is 9.01. The monoisotopic (exact) mass is 263 g/mol. The van der Waals surface area contributed by atoms with Crippen LogP contribution in [0, 0.1) is 0 Å². The molecule has 0 spiro atoms. The van der Waals surface area contributed by atoms with Crippen molar-refractivity contribution in [3.8, 4) is 0 Å². The summed E-state index contributed by atoms with van der Waals surface area (Å²) in [7, 11) is 0. The maximum Gasteiger partial charge on any atom is 0.148 e. The van der Waals surface area contributed by atoms with Crippen molar-refractivity contribution in [1.29, 1.82) is 0 Å². The maximum absolute atomic E-state index is 6.11. The molecule has 0 atom stereocenters. The molecule has 3 heterocycles. The van der Waals surface area contributed by atoms with E-state index in [0.29, 0.717) is 0 Å². The molecule has 2 aromatic rings. The van der Waals surface area contributed by atoms with Crippen molar-refractivity contribution in [3.63, 3.8) is 0 Å². The minimum absolute atomic E-state index is 0.789. The summed E-state index contributed by atoms with van der Waals surface area (Å²) >= 11 is 7.74. The highest BCUT2D eigenvalue weighted by atomic mass is 35.5. The van der Waals surface area contributed by atoms with Gasteiger partial charge in [-0.3, -0.25) is 0 Å². The number of anilines is 1. The van der Waals surface area contributed by atoms with E-state index in [9.17, 15) is 0 Å². The minimum atomic E-state index is 0.789. The Hall–Kier alpha value is -1.39. The topological polar surface area (TPSA) is 28.5 Å². The van der Waals surface area contributed by atoms with Gasteiger partial charge in [0, 0.05) is 19.2 Å². The molecule has 1 aliphatic rings. The first-order chi connectivity index (χ1) is 8.34. The van der Waals surface area contributed by atoms with Crippen LogP contribution < -0.4 is 5.01 Å². The van der Waals surface area contributed by atoms with E-state index in [-0.39, 0.29) is 0 Å². The highest BCUT2D eigenvalue weighted by Crippen LogP contribution is 2.27. The molecule has 3 rings (SSSR count). The number of halogens is 1. The molecule has 17 heavy (non-hydrogen) atoms. The molecule has 0 aliphatic carbocycles. The van der Waals surface area contributed by atoms with Gasteiger partial charge in [-0.15, -0.1) is 11.3 Å². The van der Waals surface area contributed by atoms with E-state index in [2.05, 4.69) is 10.1 Å². The number of nitrogens with zero attached hydrogens (tertiary/aromatic N) is 3. The molecule has 1 aliphatic heterocycles. The van der Waals surface area contributed by atoms with Crippen molar-refractivity contribution in [2.45, 2.75) is 6.42 Å². The van der Waals surface area contributed by atoms with Crippen LogP contribution in [0.25, 0.3) is 0 Å². The van der Waals surface area contributed by atoms with Gasteiger partial charge in [-0.1, -0.05) is 17.7 Å². The van der Waals surface area contributed by atoms with Crippen molar-refractivity contribution < 1.29 is 0 Å². The van der Waals surface area contributed by atoms with Gasteiger partial charge in [-0.05, 0) is 23.6 Å². The summed E-state index contributed by atoms with van der Waals surface area (Å²) < 4.78 is 0. The number of thiophene rings is 1. The predicted molar refractivity (Wildman–Crippen MR) is 72.1 cm³/mol. The van der Waals surface area contributed by atoms with E-state index in [1.54, 1.807) is 17.5 Å². The lowest BCUT2D eigenvalue weighted by molar-refractivity contribution is 0.896. The van der Waals surface area contributed by atoms with E-state index in [4.69, 9.17) is 11.6 Å².